The fourth-order valence-electron chi connectivity index (χ4n) is 1.92. The molecule has 1 atom stereocenters. The van der Waals surface area contributed by atoms with Gasteiger partial charge < -0.3 is 9.45 Å². The summed E-state index contributed by atoms with van der Waals surface area (Å²) in [6.07, 6.45) is 4.50. The molecule has 2 amide bonds. The Bertz CT molecular complexity index is 733. The van der Waals surface area contributed by atoms with Gasteiger partial charge in [-0.3, -0.25) is 24.1 Å². The van der Waals surface area contributed by atoms with E-state index in [0.29, 0.717) is 5.69 Å². The quantitative estimate of drug-likeness (QED) is 0.337. The Kier molecular flexibility index (Phi) is 5.54. The molecule has 2 heterocycles. The second-order valence-corrected chi connectivity index (χ2v) is 6.40. The Balaban J connectivity index is 2.20. The molecular weight excluding hydrogens is 332 g/mol. The highest BCUT2D eigenvalue weighted by Crippen LogP contribution is 2.17. The zero-order valence-electron chi connectivity index (χ0n) is 13.5. The third-order valence-electron chi connectivity index (χ3n) is 3.35. The van der Waals surface area contributed by atoms with Crippen LogP contribution in [0.15, 0.2) is 35.9 Å². The van der Waals surface area contributed by atoms with E-state index in [4.69, 9.17) is 5.84 Å². The van der Waals surface area contributed by atoms with Crippen LogP contribution in [0.2, 0.25) is 0 Å². The van der Waals surface area contributed by atoms with Crippen LogP contribution in [0.3, 0.4) is 0 Å². The Morgan fingerprint density at radius 1 is 1.38 bits per heavy atom. The number of carbonyl (C=O) groups is 2. The number of nitrogens with two attached hydrogens (primary N) is 1. The molecule has 0 saturated heterocycles. The Hall–Kier alpha value is -2.43. The van der Waals surface area contributed by atoms with Gasteiger partial charge in [0.2, 0.25) is 0 Å². The minimum Gasteiger partial charge on any atom is -0.609 e. The van der Waals surface area contributed by atoms with Crippen LogP contribution in [0, 0.1) is 0 Å². The number of nitrogens with zero attached hydrogens (tertiary/aromatic N) is 5. The Morgan fingerprint density at radius 2 is 2.08 bits per heavy atom. The molecule has 0 spiro atoms. The van der Waals surface area contributed by atoms with E-state index < -0.39 is 17.1 Å². The van der Waals surface area contributed by atoms with Crippen LogP contribution >= 0.6 is 0 Å². The predicted octanol–water partition coefficient (Wildman–Crippen LogP) is -0.469. The summed E-state index contributed by atoms with van der Waals surface area (Å²) in [5.41, 5.74) is 0.865. The first-order chi connectivity index (χ1) is 11.3. The summed E-state index contributed by atoms with van der Waals surface area (Å²) in [7, 11) is 4.55. The van der Waals surface area contributed by atoms with Crippen molar-refractivity contribution in [2.75, 3.05) is 24.7 Å². The number of imidazole rings is 1. The van der Waals surface area contributed by atoms with E-state index in [1.807, 2.05) is 0 Å². The van der Waals surface area contributed by atoms with Crippen LogP contribution in [0.5, 0.6) is 0 Å². The standard InChI is InChI=1S/C14H18N6O3S/c1-18(10-5-4-6-16-7-10)13(22)11-8-17-14(19(11)2)24(23)9-12(21)20(3)15/h4-8H,9,15H2,1-3H3. The highest BCUT2D eigenvalue weighted by atomic mass is 32.2. The number of carbonyl (C=O) groups excluding carboxylic acids is 2. The van der Waals surface area contributed by atoms with E-state index in [-0.39, 0.29) is 22.5 Å². The number of pyridine rings is 1. The van der Waals surface area contributed by atoms with E-state index >= 15 is 0 Å². The summed E-state index contributed by atoms with van der Waals surface area (Å²) in [5.74, 6) is 4.19. The van der Waals surface area contributed by atoms with Crippen molar-refractivity contribution in [1.82, 2.24) is 19.5 Å². The molecule has 2 aromatic rings. The SMILES string of the molecule is CN(N)C(=O)C[S+]([O-])c1ncc(C(=O)N(C)c2cccnc2)n1C. The molecule has 0 aliphatic rings. The van der Waals surface area contributed by atoms with E-state index in [9.17, 15) is 14.1 Å². The van der Waals surface area contributed by atoms with Crippen molar-refractivity contribution in [2.24, 2.45) is 12.9 Å². The molecule has 1 unspecified atom stereocenters. The van der Waals surface area contributed by atoms with E-state index in [0.717, 1.165) is 5.01 Å². The van der Waals surface area contributed by atoms with Crippen molar-refractivity contribution < 1.29 is 14.1 Å². The highest BCUT2D eigenvalue weighted by molar-refractivity contribution is 7.91. The first-order valence-corrected chi connectivity index (χ1v) is 8.24. The average molecular weight is 350 g/mol. The fourth-order valence-corrected chi connectivity index (χ4v) is 3.05. The maximum atomic E-state index is 12.6. The molecule has 0 saturated carbocycles. The van der Waals surface area contributed by atoms with Gasteiger partial charge in [-0.2, -0.15) is 4.98 Å². The van der Waals surface area contributed by atoms with E-state index in [2.05, 4.69) is 9.97 Å². The molecule has 0 radical (unpaired) electrons. The summed E-state index contributed by atoms with van der Waals surface area (Å²) in [6, 6.07) is 3.47. The average Bonchev–Trinajstić information content (AvgIpc) is 2.95. The maximum absolute atomic E-state index is 12.6. The van der Waals surface area contributed by atoms with Crippen LogP contribution in [0.1, 0.15) is 10.5 Å². The third kappa shape index (κ3) is 3.72. The van der Waals surface area contributed by atoms with Crippen molar-refractivity contribution in [3.63, 3.8) is 0 Å². The maximum Gasteiger partial charge on any atom is 0.324 e. The first-order valence-electron chi connectivity index (χ1n) is 6.92. The molecule has 24 heavy (non-hydrogen) atoms. The Morgan fingerprint density at radius 3 is 2.67 bits per heavy atom. The molecule has 0 aliphatic carbocycles. The summed E-state index contributed by atoms with van der Waals surface area (Å²) in [4.78, 5) is 33.5. The molecule has 0 fully saturated rings. The second-order valence-electron chi connectivity index (χ2n) is 5.05. The van der Waals surface area contributed by atoms with Crippen LogP contribution in [-0.2, 0) is 23.0 Å². The monoisotopic (exact) mass is 350 g/mol. The van der Waals surface area contributed by atoms with Gasteiger partial charge in [-0.05, 0) is 12.1 Å². The lowest BCUT2D eigenvalue weighted by atomic mass is 10.3. The van der Waals surface area contributed by atoms with Crippen LogP contribution in [-0.4, -0.2) is 55.8 Å². The van der Waals surface area contributed by atoms with Gasteiger partial charge in [-0.15, -0.1) is 0 Å². The lowest BCUT2D eigenvalue weighted by molar-refractivity contribution is -0.127. The van der Waals surface area contributed by atoms with Gasteiger partial charge in [0.15, 0.2) is 5.75 Å². The van der Waals surface area contributed by atoms with Gasteiger partial charge >= 0.3 is 5.16 Å². The molecule has 10 heteroatoms. The van der Waals surface area contributed by atoms with Crippen molar-refractivity contribution in [2.45, 2.75) is 5.16 Å². The lowest BCUT2D eigenvalue weighted by Gasteiger charge is -2.17. The first kappa shape index (κ1) is 17.9. The molecule has 128 valence electrons. The molecule has 2 N–H and O–H groups in total. The molecule has 9 nitrogen and oxygen atoms in total. The molecule has 0 aliphatic heterocycles. The second kappa shape index (κ2) is 7.43. The summed E-state index contributed by atoms with van der Waals surface area (Å²) >= 11 is -1.70. The minimum absolute atomic E-state index is 0.133. The van der Waals surface area contributed by atoms with E-state index in [1.165, 1.54) is 22.7 Å². The normalized spacial score (nSPS) is 11.9. The van der Waals surface area contributed by atoms with Gasteiger partial charge in [-0.1, -0.05) is 0 Å². The van der Waals surface area contributed by atoms with Gasteiger partial charge in [-0.25, -0.2) is 5.84 Å². The number of hydrogen-bond donors (Lipinski definition) is 1. The van der Waals surface area contributed by atoms with E-state index in [1.54, 1.807) is 38.6 Å². The number of rotatable bonds is 5. The number of aromatic nitrogens is 3. The topological polar surface area (TPSA) is 120 Å². The van der Waals surface area contributed by atoms with Gasteiger partial charge in [0.05, 0.1) is 18.1 Å². The van der Waals surface area contributed by atoms with Crippen molar-refractivity contribution >= 4 is 28.7 Å². The Labute approximate surface area is 142 Å². The van der Waals surface area contributed by atoms with Crippen LogP contribution < -0.4 is 10.7 Å². The molecule has 0 aromatic carbocycles. The summed E-state index contributed by atoms with van der Waals surface area (Å²) < 4.78 is 13.7. The molecule has 2 aromatic heterocycles. The highest BCUT2D eigenvalue weighted by Gasteiger charge is 2.27. The minimum atomic E-state index is -1.70. The zero-order valence-corrected chi connectivity index (χ0v) is 14.4. The van der Waals surface area contributed by atoms with Crippen molar-refractivity contribution in [3.05, 3.63) is 36.4 Å². The number of amides is 2. The van der Waals surface area contributed by atoms with Crippen molar-refractivity contribution in [1.29, 1.82) is 0 Å². The zero-order chi connectivity index (χ0) is 17.9. The number of hydrogen-bond acceptors (Lipinski definition) is 6. The largest absolute Gasteiger partial charge is 0.609 e. The van der Waals surface area contributed by atoms with Crippen LogP contribution in [0.4, 0.5) is 5.69 Å². The van der Waals surface area contributed by atoms with Gasteiger partial charge in [0.25, 0.3) is 11.8 Å². The summed E-state index contributed by atoms with van der Waals surface area (Å²) in [6.45, 7) is 0. The molecule has 0 bridgehead atoms. The fraction of sp³-hybridized carbons (Fsp3) is 0.286. The number of hydrazine groups is 1. The molecular formula is C14H18N6O3S. The summed E-state index contributed by atoms with van der Waals surface area (Å²) in [5, 5.41) is 0.997. The third-order valence-corrected chi connectivity index (χ3v) is 4.65. The van der Waals surface area contributed by atoms with Crippen LogP contribution in [0.25, 0.3) is 0 Å². The van der Waals surface area contributed by atoms with Crippen molar-refractivity contribution in [3.8, 4) is 0 Å². The number of anilines is 1. The predicted molar refractivity (Wildman–Crippen MR) is 88.4 cm³/mol. The molecule has 2 rings (SSSR count). The van der Waals surface area contributed by atoms with Gasteiger partial charge in [0.1, 0.15) is 5.69 Å². The lowest BCUT2D eigenvalue weighted by Crippen LogP contribution is -2.38. The van der Waals surface area contributed by atoms with Gasteiger partial charge in [0, 0.05) is 38.5 Å². The smallest absolute Gasteiger partial charge is 0.324 e.